The average Bonchev–Trinajstić information content (AvgIpc) is 3.19. The number of hydrogen-bond acceptors (Lipinski definition) is 3. The molecule has 0 saturated carbocycles. The Morgan fingerprint density at radius 1 is 1.17 bits per heavy atom. The molecule has 2 saturated heterocycles. The van der Waals surface area contributed by atoms with Gasteiger partial charge in [0.05, 0.1) is 5.75 Å². The first-order valence-electron chi connectivity index (χ1n) is 8.41. The zero-order valence-electron chi connectivity index (χ0n) is 13.4. The fraction of sp³-hybridized carbons (Fsp3) is 0.471. The van der Waals surface area contributed by atoms with E-state index in [1.165, 1.54) is 0 Å². The van der Waals surface area contributed by atoms with Gasteiger partial charge in [-0.25, -0.2) is 8.42 Å². The zero-order chi connectivity index (χ0) is 16.7. The second-order valence-corrected chi connectivity index (χ2v) is 8.61. The molecule has 1 aromatic carbocycles. The van der Waals surface area contributed by atoms with Gasteiger partial charge in [-0.1, -0.05) is 6.07 Å². The molecule has 4 rings (SSSR count). The van der Waals surface area contributed by atoms with Crippen LogP contribution in [0.2, 0.25) is 0 Å². The maximum absolute atomic E-state index is 13.0. The lowest BCUT2D eigenvalue weighted by atomic mass is 10.0. The maximum Gasteiger partial charge on any atom is 0.254 e. The van der Waals surface area contributed by atoms with Crippen molar-refractivity contribution in [3.8, 4) is 0 Å². The molecule has 0 bridgehead atoms. The first kappa shape index (κ1) is 15.7. The fourth-order valence-electron chi connectivity index (χ4n) is 3.89. The molecule has 0 spiro atoms. The van der Waals surface area contributed by atoms with Gasteiger partial charge in [-0.3, -0.25) is 4.79 Å². The highest BCUT2D eigenvalue weighted by Crippen LogP contribution is 2.26. The molecule has 0 radical (unpaired) electrons. The third-order valence-electron chi connectivity index (χ3n) is 5.05. The maximum atomic E-state index is 13.0. The Kier molecular flexibility index (Phi) is 3.85. The van der Waals surface area contributed by atoms with Crippen LogP contribution in [-0.4, -0.2) is 59.9 Å². The van der Waals surface area contributed by atoms with E-state index in [9.17, 15) is 13.2 Å². The quantitative estimate of drug-likeness (QED) is 0.900. The van der Waals surface area contributed by atoms with Crippen molar-refractivity contribution in [2.24, 2.45) is 0 Å². The first-order valence-corrected chi connectivity index (χ1v) is 10.0. The summed E-state index contributed by atoms with van der Waals surface area (Å²) >= 11 is 0. The Labute approximate surface area is 141 Å². The molecule has 2 aromatic rings. The number of sulfonamides is 1. The highest BCUT2D eigenvalue weighted by molar-refractivity contribution is 7.89. The van der Waals surface area contributed by atoms with E-state index in [-0.39, 0.29) is 17.7 Å². The van der Waals surface area contributed by atoms with E-state index in [0.717, 1.165) is 23.7 Å². The second-order valence-electron chi connectivity index (χ2n) is 6.57. The lowest BCUT2D eigenvalue weighted by molar-refractivity contribution is 0.0660. The molecule has 24 heavy (non-hydrogen) atoms. The van der Waals surface area contributed by atoms with E-state index >= 15 is 0 Å². The molecular weight excluding hydrogens is 326 g/mol. The normalized spacial score (nSPS) is 24.5. The number of hydrogen-bond donors (Lipinski definition) is 1. The summed E-state index contributed by atoms with van der Waals surface area (Å²) in [5, 5.41) is 0.915. The predicted molar refractivity (Wildman–Crippen MR) is 92.3 cm³/mol. The van der Waals surface area contributed by atoms with Crippen molar-refractivity contribution in [3.63, 3.8) is 0 Å². The monoisotopic (exact) mass is 347 g/mol. The summed E-state index contributed by atoms with van der Waals surface area (Å²) in [6.45, 7) is 1.76. The molecule has 1 atom stereocenters. The number of carbonyl (C=O) groups is 1. The Morgan fingerprint density at radius 2 is 2.04 bits per heavy atom. The summed E-state index contributed by atoms with van der Waals surface area (Å²) < 4.78 is 25.9. The number of H-pyrrole nitrogens is 1. The number of aromatic amines is 1. The molecule has 1 aromatic heterocycles. The van der Waals surface area contributed by atoms with Gasteiger partial charge >= 0.3 is 0 Å². The van der Waals surface area contributed by atoms with Crippen LogP contribution in [0.1, 0.15) is 29.6 Å². The van der Waals surface area contributed by atoms with Crippen LogP contribution in [0.5, 0.6) is 0 Å². The van der Waals surface area contributed by atoms with Crippen molar-refractivity contribution in [1.82, 2.24) is 14.2 Å². The van der Waals surface area contributed by atoms with Crippen molar-refractivity contribution < 1.29 is 13.2 Å². The Morgan fingerprint density at radius 3 is 2.83 bits per heavy atom. The molecule has 1 N–H and O–H groups in total. The highest BCUT2D eigenvalue weighted by atomic mass is 32.2. The molecule has 7 heteroatoms. The minimum atomic E-state index is -3.14. The molecule has 2 aliphatic heterocycles. The number of benzene rings is 1. The molecule has 2 fully saturated rings. The van der Waals surface area contributed by atoms with Gasteiger partial charge < -0.3 is 9.88 Å². The van der Waals surface area contributed by atoms with Crippen LogP contribution in [0, 0.1) is 0 Å². The largest absolute Gasteiger partial charge is 0.361 e. The van der Waals surface area contributed by atoms with Gasteiger partial charge in [0, 0.05) is 48.3 Å². The van der Waals surface area contributed by atoms with E-state index in [1.807, 2.05) is 35.4 Å². The lowest BCUT2D eigenvalue weighted by Gasteiger charge is -2.36. The molecule has 0 aliphatic carbocycles. The summed E-state index contributed by atoms with van der Waals surface area (Å²) in [6, 6.07) is 7.49. The van der Waals surface area contributed by atoms with Crippen molar-refractivity contribution in [1.29, 1.82) is 0 Å². The van der Waals surface area contributed by atoms with Crippen molar-refractivity contribution in [3.05, 3.63) is 36.0 Å². The number of rotatable bonds is 2. The number of aromatic nitrogens is 1. The lowest BCUT2D eigenvalue weighted by Crippen LogP contribution is -2.50. The summed E-state index contributed by atoms with van der Waals surface area (Å²) in [5.41, 5.74) is 1.62. The number of nitrogens with one attached hydrogen (secondary N) is 1. The predicted octanol–water partition coefficient (Wildman–Crippen LogP) is 1.81. The van der Waals surface area contributed by atoms with Gasteiger partial charge in [0.1, 0.15) is 0 Å². The average molecular weight is 347 g/mol. The van der Waals surface area contributed by atoms with Crippen LogP contribution in [0.4, 0.5) is 0 Å². The molecule has 128 valence electrons. The van der Waals surface area contributed by atoms with E-state index in [1.54, 1.807) is 4.31 Å². The minimum absolute atomic E-state index is 0.0125. The Bertz CT molecular complexity index is 874. The summed E-state index contributed by atoms with van der Waals surface area (Å²) in [7, 11) is -3.14. The smallest absolute Gasteiger partial charge is 0.254 e. The molecule has 1 amide bonds. The number of carbonyl (C=O) groups excluding carboxylic acids is 1. The Hall–Kier alpha value is -1.86. The van der Waals surface area contributed by atoms with Crippen molar-refractivity contribution in [2.75, 3.05) is 25.4 Å². The minimum Gasteiger partial charge on any atom is -0.361 e. The van der Waals surface area contributed by atoms with E-state index in [0.29, 0.717) is 31.6 Å². The molecule has 3 heterocycles. The van der Waals surface area contributed by atoms with Crippen LogP contribution < -0.4 is 0 Å². The first-order chi connectivity index (χ1) is 11.6. The van der Waals surface area contributed by atoms with Crippen LogP contribution in [0.15, 0.2) is 30.5 Å². The SMILES string of the molecule is O=C(c1cccc2[nH]ccc12)N1CCC[C@H](N2CCCS2(=O)=O)C1. The number of fused-ring (bicyclic) bond motifs is 1. The van der Waals surface area contributed by atoms with Gasteiger partial charge in [0.2, 0.25) is 10.0 Å². The van der Waals surface area contributed by atoms with Crippen molar-refractivity contribution in [2.45, 2.75) is 25.3 Å². The topological polar surface area (TPSA) is 73.5 Å². The zero-order valence-corrected chi connectivity index (χ0v) is 14.3. The van der Waals surface area contributed by atoms with Crippen molar-refractivity contribution >= 4 is 26.8 Å². The van der Waals surface area contributed by atoms with Gasteiger partial charge in [0.15, 0.2) is 0 Å². The van der Waals surface area contributed by atoms with Crippen LogP contribution >= 0.6 is 0 Å². The standard InChI is InChI=1S/C17H21N3O3S/c21-17(15-5-1-6-16-14(15)7-8-18-16)19-9-2-4-13(12-19)20-10-3-11-24(20,22)23/h1,5-8,13,18H,2-4,9-12H2/t13-/m0/s1. The number of piperidine rings is 1. The van der Waals surface area contributed by atoms with E-state index in [2.05, 4.69) is 4.98 Å². The second kappa shape index (κ2) is 5.89. The molecule has 6 nitrogen and oxygen atoms in total. The highest BCUT2D eigenvalue weighted by Gasteiger charge is 2.37. The number of nitrogens with zero attached hydrogens (tertiary/aromatic N) is 2. The van der Waals surface area contributed by atoms with Crippen LogP contribution in [0.25, 0.3) is 10.9 Å². The third-order valence-corrected chi connectivity index (χ3v) is 7.05. The molecule has 2 aliphatic rings. The van der Waals surface area contributed by atoms with Crippen LogP contribution in [-0.2, 0) is 10.0 Å². The van der Waals surface area contributed by atoms with Gasteiger partial charge in [-0.2, -0.15) is 4.31 Å². The van der Waals surface area contributed by atoms with Gasteiger partial charge in [0.25, 0.3) is 5.91 Å². The molecular formula is C17H21N3O3S. The number of likely N-dealkylation sites (tertiary alicyclic amines) is 1. The summed E-state index contributed by atoms with van der Waals surface area (Å²) in [6.07, 6.45) is 4.19. The summed E-state index contributed by atoms with van der Waals surface area (Å²) in [4.78, 5) is 17.9. The van der Waals surface area contributed by atoms with E-state index < -0.39 is 10.0 Å². The fourth-order valence-corrected chi connectivity index (χ4v) is 5.65. The Balaban J connectivity index is 1.58. The van der Waals surface area contributed by atoms with E-state index in [4.69, 9.17) is 0 Å². The van der Waals surface area contributed by atoms with Gasteiger partial charge in [-0.05, 0) is 37.5 Å². The molecule has 0 unspecified atom stereocenters. The van der Waals surface area contributed by atoms with Crippen LogP contribution in [0.3, 0.4) is 0 Å². The number of amides is 1. The van der Waals surface area contributed by atoms with Gasteiger partial charge in [-0.15, -0.1) is 0 Å². The third kappa shape index (κ3) is 2.61. The summed E-state index contributed by atoms with van der Waals surface area (Å²) in [5.74, 6) is 0.224.